The molecule has 0 aliphatic heterocycles. The zero-order chi connectivity index (χ0) is 15.6. The number of rotatable bonds is 4. The molecule has 0 aliphatic carbocycles. The summed E-state index contributed by atoms with van der Waals surface area (Å²) < 4.78 is 40.2. The third-order valence-electron chi connectivity index (χ3n) is 3.36. The maximum Gasteiger partial charge on any atom is 0.195 e. The van der Waals surface area contributed by atoms with E-state index in [1.54, 1.807) is 6.92 Å². The number of halogens is 3. The van der Waals surface area contributed by atoms with Crippen LogP contribution in [0, 0.1) is 31.3 Å². The number of nitrogens with zero attached hydrogens (tertiary/aromatic N) is 2. The topological polar surface area (TPSA) is 37.8 Å². The monoisotopic (exact) mass is 295 g/mol. The van der Waals surface area contributed by atoms with Gasteiger partial charge >= 0.3 is 0 Å². The van der Waals surface area contributed by atoms with Crippen LogP contribution >= 0.6 is 0 Å². The van der Waals surface area contributed by atoms with E-state index in [2.05, 4.69) is 15.5 Å². The molecule has 2 rings (SSSR count). The van der Waals surface area contributed by atoms with Crippen molar-refractivity contribution in [2.24, 2.45) is 0 Å². The summed E-state index contributed by atoms with van der Waals surface area (Å²) in [6, 6.07) is 2.05. The average Bonchev–Trinajstić information content (AvgIpc) is 2.47. The molecule has 112 valence electrons. The van der Waals surface area contributed by atoms with Crippen LogP contribution in [0.25, 0.3) is 11.3 Å². The van der Waals surface area contributed by atoms with Crippen LogP contribution in [-0.4, -0.2) is 16.7 Å². The van der Waals surface area contributed by atoms with Gasteiger partial charge in [-0.15, -0.1) is 10.2 Å². The SMILES string of the molecule is CCCNc1nnc(-c2ccc(F)c(F)c2F)c(C)c1C. The highest BCUT2D eigenvalue weighted by atomic mass is 19.2. The van der Waals surface area contributed by atoms with Crippen molar-refractivity contribution in [2.75, 3.05) is 11.9 Å². The van der Waals surface area contributed by atoms with Gasteiger partial charge in [-0.3, -0.25) is 0 Å². The van der Waals surface area contributed by atoms with Gasteiger partial charge < -0.3 is 5.32 Å². The molecule has 1 aromatic heterocycles. The molecule has 0 bridgehead atoms. The summed E-state index contributed by atoms with van der Waals surface area (Å²) in [7, 11) is 0. The van der Waals surface area contributed by atoms with Gasteiger partial charge in [0.25, 0.3) is 0 Å². The van der Waals surface area contributed by atoms with Crippen LogP contribution in [0.3, 0.4) is 0 Å². The first-order valence-corrected chi connectivity index (χ1v) is 6.69. The summed E-state index contributed by atoms with van der Waals surface area (Å²) in [5.41, 5.74) is 1.60. The fraction of sp³-hybridized carbons (Fsp3) is 0.333. The van der Waals surface area contributed by atoms with Gasteiger partial charge in [0.2, 0.25) is 0 Å². The largest absolute Gasteiger partial charge is 0.368 e. The van der Waals surface area contributed by atoms with Gasteiger partial charge in [-0.2, -0.15) is 0 Å². The van der Waals surface area contributed by atoms with Crippen LogP contribution < -0.4 is 5.32 Å². The lowest BCUT2D eigenvalue weighted by molar-refractivity contribution is 0.448. The fourth-order valence-corrected chi connectivity index (χ4v) is 1.98. The van der Waals surface area contributed by atoms with Gasteiger partial charge in [-0.25, -0.2) is 13.2 Å². The Morgan fingerprint density at radius 2 is 1.71 bits per heavy atom. The van der Waals surface area contributed by atoms with Crippen LogP contribution in [-0.2, 0) is 0 Å². The lowest BCUT2D eigenvalue weighted by Gasteiger charge is -2.13. The van der Waals surface area contributed by atoms with Crippen molar-refractivity contribution in [3.05, 3.63) is 40.7 Å². The van der Waals surface area contributed by atoms with Crippen LogP contribution in [0.5, 0.6) is 0 Å². The zero-order valence-electron chi connectivity index (χ0n) is 12.1. The number of benzene rings is 1. The molecule has 0 saturated carbocycles. The highest BCUT2D eigenvalue weighted by molar-refractivity contribution is 5.67. The minimum atomic E-state index is -1.50. The predicted molar refractivity (Wildman–Crippen MR) is 75.6 cm³/mol. The van der Waals surface area contributed by atoms with Crippen molar-refractivity contribution in [3.63, 3.8) is 0 Å². The molecule has 0 radical (unpaired) electrons. The first-order valence-electron chi connectivity index (χ1n) is 6.69. The highest BCUT2D eigenvalue weighted by Gasteiger charge is 2.19. The third kappa shape index (κ3) is 2.84. The van der Waals surface area contributed by atoms with Gasteiger partial charge in [0.05, 0.1) is 5.69 Å². The van der Waals surface area contributed by atoms with Gasteiger partial charge in [-0.1, -0.05) is 6.92 Å². The van der Waals surface area contributed by atoms with Crippen LogP contribution in [0.1, 0.15) is 24.5 Å². The van der Waals surface area contributed by atoms with E-state index in [0.717, 1.165) is 24.6 Å². The van der Waals surface area contributed by atoms with Crippen molar-refractivity contribution >= 4 is 5.82 Å². The lowest BCUT2D eigenvalue weighted by atomic mass is 10.0. The van der Waals surface area contributed by atoms with E-state index >= 15 is 0 Å². The molecule has 0 amide bonds. The Morgan fingerprint density at radius 3 is 2.38 bits per heavy atom. The minimum Gasteiger partial charge on any atom is -0.368 e. The number of hydrogen-bond acceptors (Lipinski definition) is 3. The van der Waals surface area contributed by atoms with Gasteiger partial charge in [0.1, 0.15) is 0 Å². The van der Waals surface area contributed by atoms with E-state index in [1.165, 1.54) is 6.07 Å². The van der Waals surface area contributed by atoms with Gasteiger partial charge in [0, 0.05) is 12.1 Å². The van der Waals surface area contributed by atoms with Crippen molar-refractivity contribution < 1.29 is 13.2 Å². The molecule has 0 unspecified atom stereocenters. The molecule has 1 heterocycles. The molecule has 0 saturated heterocycles. The van der Waals surface area contributed by atoms with E-state index in [1.807, 2.05) is 13.8 Å². The molecule has 6 heteroatoms. The van der Waals surface area contributed by atoms with E-state index in [-0.39, 0.29) is 11.3 Å². The second-order valence-electron chi connectivity index (χ2n) is 4.80. The lowest BCUT2D eigenvalue weighted by Crippen LogP contribution is -2.08. The molecule has 21 heavy (non-hydrogen) atoms. The summed E-state index contributed by atoms with van der Waals surface area (Å²) in [4.78, 5) is 0. The van der Waals surface area contributed by atoms with Gasteiger partial charge in [-0.05, 0) is 43.5 Å². The Hall–Kier alpha value is -2.11. The first-order chi connectivity index (χ1) is 9.97. The molecule has 0 spiro atoms. The number of hydrogen-bond donors (Lipinski definition) is 1. The molecule has 2 aromatic rings. The molecule has 1 N–H and O–H groups in total. The Morgan fingerprint density at radius 1 is 1.00 bits per heavy atom. The molecule has 1 aromatic carbocycles. The highest BCUT2D eigenvalue weighted by Crippen LogP contribution is 2.29. The zero-order valence-corrected chi connectivity index (χ0v) is 12.1. The molecular weight excluding hydrogens is 279 g/mol. The van der Waals surface area contributed by atoms with Crippen LogP contribution in [0.4, 0.5) is 19.0 Å². The number of nitrogens with one attached hydrogen (secondary N) is 1. The summed E-state index contributed by atoms with van der Waals surface area (Å²) >= 11 is 0. The molecular formula is C15H16F3N3. The van der Waals surface area contributed by atoms with Crippen molar-refractivity contribution in [1.29, 1.82) is 0 Å². The Kier molecular flexibility index (Phi) is 4.45. The molecule has 0 fully saturated rings. The van der Waals surface area contributed by atoms with E-state index < -0.39 is 17.5 Å². The smallest absolute Gasteiger partial charge is 0.195 e. The van der Waals surface area contributed by atoms with Gasteiger partial charge in [0.15, 0.2) is 23.3 Å². The quantitative estimate of drug-likeness (QED) is 0.866. The van der Waals surface area contributed by atoms with E-state index in [9.17, 15) is 13.2 Å². The fourth-order valence-electron chi connectivity index (χ4n) is 1.98. The Balaban J connectivity index is 2.51. The maximum absolute atomic E-state index is 13.9. The predicted octanol–water partition coefficient (Wildman–Crippen LogP) is 4.00. The van der Waals surface area contributed by atoms with Crippen molar-refractivity contribution in [3.8, 4) is 11.3 Å². The number of anilines is 1. The van der Waals surface area contributed by atoms with Crippen molar-refractivity contribution in [1.82, 2.24) is 10.2 Å². The standard InChI is InChI=1S/C15H16F3N3/c1-4-7-19-15-9(3)8(2)14(20-21-15)10-5-6-11(16)13(18)12(10)17/h5-6H,4,7H2,1-3H3,(H,19,21). The first kappa shape index (κ1) is 15.3. The summed E-state index contributed by atoms with van der Waals surface area (Å²) in [6.45, 7) is 6.34. The molecule has 3 nitrogen and oxygen atoms in total. The Bertz CT molecular complexity index is 672. The van der Waals surface area contributed by atoms with Crippen molar-refractivity contribution in [2.45, 2.75) is 27.2 Å². The average molecular weight is 295 g/mol. The van der Waals surface area contributed by atoms with Crippen LogP contribution in [0.2, 0.25) is 0 Å². The van der Waals surface area contributed by atoms with E-state index in [4.69, 9.17) is 0 Å². The maximum atomic E-state index is 13.9. The van der Waals surface area contributed by atoms with Crippen LogP contribution in [0.15, 0.2) is 12.1 Å². The number of aromatic nitrogens is 2. The summed E-state index contributed by atoms with van der Waals surface area (Å²) in [5, 5.41) is 11.1. The third-order valence-corrected chi connectivity index (χ3v) is 3.36. The van der Waals surface area contributed by atoms with E-state index in [0.29, 0.717) is 11.4 Å². The second kappa shape index (κ2) is 6.11. The normalized spacial score (nSPS) is 10.8. The Labute approximate surface area is 121 Å². The minimum absolute atomic E-state index is 0.0935. The summed E-state index contributed by atoms with van der Waals surface area (Å²) in [6.07, 6.45) is 0.930. The molecule has 0 aliphatic rings. The molecule has 0 atom stereocenters. The second-order valence-corrected chi connectivity index (χ2v) is 4.80. The summed E-state index contributed by atoms with van der Waals surface area (Å²) in [5.74, 6) is -3.36.